The van der Waals surface area contributed by atoms with Crippen LogP contribution in [0.4, 0.5) is 5.82 Å². The molecule has 0 aliphatic carbocycles. The van der Waals surface area contributed by atoms with E-state index in [0.717, 1.165) is 34.9 Å². The Labute approximate surface area is 121 Å². The lowest BCUT2D eigenvalue weighted by molar-refractivity contribution is 0.647. The summed E-state index contributed by atoms with van der Waals surface area (Å²) in [7, 11) is 1.89. The van der Waals surface area contributed by atoms with E-state index in [9.17, 15) is 0 Å². The van der Waals surface area contributed by atoms with Crippen LogP contribution in [0.5, 0.6) is 0 Å². The first-order valence-corrected chi connectivity index (χ1v) is 7.13. The summed E-state index contributed by atoms with van der Waals surface area (Å²) in [5.74, 6) is 1.50. The molecule has 0 unspecified atom stereocenters. The van der Waals surface area contributed by atoms with Gasteiger partial charge in [0, 0.05) is 12.6 Å². The summed E-state index contributed by atoms with van der Waals surface area (Å²) in [5, 5.41) is 3.15. The molecule has 2 aromatic rings. The van der Waals surface area contributed by atoms with E-state index in [1.807, 2.05) is 20.9 Å². The third-order valence-electron chi connectivity index (χ3n) is 3.39. The summed E-state index contributed by atoms with van der Waals surface area (Å²) >= 11 is 0. The molecule has 0 fully saturated rings. The van der Waals surface area contributed by atoms with Crippen molar-refractivity contribution in [3.05, 3.63) is 41.2 Å². The topological polar surface area (TPSA) is 37.8 Å². The van der Waals surface area contributed by atoms with E-state index in [0.29, 0.717) is 5.92 Å². The summed E-state index contributed by atoms with van der Waals surface area (Å²) in [6.07, 6.45) is 1.08. The van der Waals surface area contributed by atoms with Gasteiger partial charge in [-0.05, 0) is 37.8 Å². The van der Waals surface area contributed by atoms with Crippen molar-refractivity contribution in [1.29, 1.82) is 0 Å². The summed E-state index contributed by atoms with van der Waals surface area (Å²) in [6, 6.07) is 8.60. The fourth-order valence-electron chi connectivity index (χ4n) is 2.30. The molecule has 20 heavy (non-hydrogen) atoms. The molecule has 2 rings (SSSR count). The molecule has 0 atom stereocenters. The lowest BCUT2D eigenvalue weighted by atomic mass is 10.00. The number of nitrogens with one attached hydrogen (secondary N) is 1. The molecule has 0 bridgehead atoms. The molecule has 0 aliphatic heterocycles. The number of rotatable bonds is 4. The average Bonchev–Trinajstić information content (AvgIpc) is 2.41. The molecule has 0 saturated carbocycles. The number of benzene rings is 1. The lowest BCUT2D eigenvalue weighted by Gasteiger charge is -2.12. The first kappa shape index (κ1) is 14.5. The van der Waals surface area contributed by atoms with Crippen LogP contribution in [0, 0.1) is 19.8 Å². The van der Waals surface area contributed by atoms with Crippen LogP contribution in [0.2, 0.25) is 0 Å². The van der Waals surface area contributed by atoms with Crippen molar-refractivity contribution in [2.24, 2.45) is 5.92 Å². The van der Waals surface area contributed by atoms with Crippen LogP contribution in [0.25, 0.3) is 11.3 Å². The number of hydrogen-bond donors (Lipinski definition) is 1. The molecule has 0 saturated heterocycles. The van der Waals surface area contributed by atoms with E-state index < -0.39 is 0 Å². The molecule has 3 nitrogen and oxygen atoms in total. The highest BCUT2D eigenvalue weighted by Crippen LogP contribution is 2.26. The van der Waals surface area contributed by atoms with Crippen LogP contribution in [0.3, 0.4) is 0 Å². The van der Waals surface area contributed by atoms with Crippen molar-refractivity contribution >= 4 is 5.82 Å². The van der Waals surface area contributed by atoms with Crippen LogP contribution in [-0.2, 0) is 6.42 Å². The molecule has 0 radical (unpaired) electrons. The Kier molecular flexibility index (Phi) is 4.38. The second-order valence-corrected chi connectivity index (χ2v) is 5.64. The predicted molar refractivity (Wildman–Crippen MR) is 85.0 cm³/mol. The Morgan fingerprint density at radius 1 is 1.10 bits per heavy atom. The smallest absolute Gasteiger partial charge is 0.152 e. The maximum Gasteiger partial charge on any atom is 0.152 e. The predicted octanol–water partition coefficient (Wildman–Crippen LogP) is 4.00. The fourth-order valence-corrected chi connectivity index (χ4v) is 2.30. The van der Waals surface area contributed by atoms with Gasteiger partial charge in [-0.25, -0.2) is 9.97 Å². The average molecular weight is 269 g/mol. The molecular formula is C17H23N3. The first-order chi connectivity index (χ1) is 9.51. The monoisotopic (exact) mass is 269 g/mol. The quantitative estimate of drug-likeness (QED) is 0.911. The largest absolute Gasteiger partial charge is 0.371 e. The van der Waals surface area contributed by atoms with Crippen LogP contribution in [-0.4, -0.2) is 17.0 Å². The molecule has 0 spiro atoms. The molecular weight excluding hydrogens is 246 g/mol. The minimum atomic E-state index is 0.653. The van der Waals surface area contributed by atoms with Crippen LogP contribution < -0.4 is 5.32 Å². The fraction of sp³-hybridized carbons (Fsp3) is 0.412. The van der Waals surface area contributed by atoms with Crippen molar-refractivity contribution in [2.45, 2.75) is 34.1 Å². The van der Waals surface area contributed by atoms with E-state index in [2.05, 4.69) is 48.4 Å². The van der Waals surface area contributed by atoms with E-state index in [1.54, 1.807) is 0 Å². The SMILES string of the molecule is CNc1nc(C)c(C)nc1-c1cccc(CC(C)C)c1. The summed E-state index contributed by atoms with van der Waals surface area (Å²) < 4.78 is 0. The zero-order chi connectivity index (χ0) is 14.7. The summed E-state index contributed by atoms with van der Waals surface area (Å²) in [6.45, 7) is 8.47. The van der Waals surface area contributed by atoms with E-state index in [1.165, 1.54) is 5.56 Å². The third kappa shape index (κ3) is 3.16. The van der Waals surface area contributed by atoms with Gasteiger partial charge in [0.15, 0.2) is 5.82 Å². The molecule has 1 aromatic heterocycles. The standard InChI is InChI=1S/C17H23N3/c1-11(2)9-14-7-6-8-15(10-14)16-17(18-5)20-13(4)12(3)19-16/h6-8,10-11H,9H2,1-5H3,(H,18,20). The normalized spacial score (nSPS) is 10.9. The maximum absolute atomic E-state index is 4.71. The Balaban J connectivity index is 2.48. The minimum absolute atomic E-state index is 0.653. The molecule has 0 amide bonds. The molecule has 1 N–H and O–H groups in total. The highest BCUT2D eigenvalue weighted by molar-refractivity contribution is 5.72. The molecule has 1 aromatic carbocycles. The van der Waals surface area contributed by atoms with Gasteiger partial charge in [-0.3, -0.25) is 0 Å². The van der Waals surface area contributed by atoms with Gasteiger partial charge in [0.05, 0.1) is 11.4 Å². The number of aryl methyl sites for hydroxylation is 2. The number of nitrogens with zero attached hydrogens (tertiary/aromatic N) is 2. The van der Waals surface area contributed by atoms with Crippen molar-refractivity contribution in [2.75, 3.05) is 12.4 Å². The first-order valence-electron chi connectivity index (χ1n) is 7.13. The molecule has 0 aliphatic rings. The summed E-state index contributed by atoms with van der Waals surface area (Å²) in [5.41, 5.74) is 5.36. The van der Waals surface area contributed by atoms with Gasteiger partial charge in [0.2, 0.25) is 0 Å². The Hall–Kier alpha value is -1.90. The van der Waals surface area contributed by atoms with Gasteiger partial charge in [-0.2, -0.15) is 0 Å². The highest BCUT2D eigenvalue weighted by Gasteiger charge is 2.11. The zero-order valence-corrected chi connectivity index (χ0v) is 13.0. The van der Waals surface area contributed by atoms with E-state index in [-0.39, 0.29) is 0 Å². The van der Waals surface area contributed by atoms with E-state index in [4.69, 9.17) is 4.98 Å². The number of aromatic nitrogens is 2. The van der Waals surface area contributed by atoms with Gasteiger partial charge < -0.3 is 5.32 Å². The Bertz CT molecular complexity index is 603. The number of anilines is 1. The zero-order valence-electron chi connectivity index (χ0n) is 13.0. The second kappa shape index (κ2) is 6.04. The van der Waals surface area contributed by atoms with Crippen molar-refractivity contribution in [1.82, 2.24) is 9.97 Å². The van der Waals surface area contributed by atoms with Crippen molar-refractivity contribution in [3.8, 4) is 11.3 Å². The van der Waals surface area contributed by atoms with Gasteiger partial charge in [0.25, 0.3) is 0 Å². The number of hydrogen-bond acceptors (Lipinski definition) is 3. The third-order valence-corrected chi connectivity index (χ3v) is 3.39. The second-order valence-electron chi connectivity index (χ2n) is 5.64. The van der Waals surface area contributed by atoms with Gasteiger partial charge in [-0.1, -0.05) is 32.0 Å². The van der Waals surface area contributed by atoms with Crippen LogP contribution in [0.15, 0.2) is 24.3 Å². The Morgan fingerprint density at radius 3 is 2.45 bits per heavy atom. The van der Waals surface area contributed by atoms with Gasteiger partial charge >= 0.3 is 0 Å². The highest BCUT2D eigenvalue weighted by atomic mass is 15.0. The Morgan fingerprint density at radius 2 is 1.80 bits per heavy atom. The van der Waals surface area contributed by atoms with Crippen LogP contribution >= 0.6 is 0 Å². The van der Waals surface area contributed by atoms with Gasteiger partial charge in [0.1, 0.15) is 5.69 Å². The summed E-state index contributed by atoms with van der Waals surface area (Å²) in [4.78, 5) is 9.29. The van der Waals surface area contributed by atoms with Gasteiger partial charge in [-0.15, -0.1) is 0 Å². The molecule has 3 heteroatoms. The van der Waals surface area contributed by atoms with Crippen molar-refractivity contribution < 1.29 is 0 Å². The van der Waals surface area contributed by atoms with Crippen molar-refractivity contribution in [3.63, 3.8) is 0 Å². The molecule has 1 heterocycles. The maximum atomic E-state index is 4.71. The molecule has 106 valence electrons. The van der Waals surface area contributed by atoms with Crippen LogP contribution in [0.1, 0.15) is 30.8 Å². The lowest BCUT2D eigenvalue weighted by Crippen LogP contribution is -2.03. The minimum Gasteiger partial charge on any atom is -0.371 e. The van der Waals surface area contributed by atoms with E-state index >= 15 is 0 Å².